The van der Waals surface area contributed by atoms with Gasteiger partial charge in [-0.1, -0.05) is 194 Å². The first kappa shape index (κ1) is 36.3. The molecule has 0 unspecified atom stereocenters. The lowest BCUT2D eigenvalue weighted by Crippen LogP contribution is -2.33. The van der Waals surface area contributed by atoms with Gasteiger partial charge in [0.25, 0.3) is 0 Å². The molecule has 0 aliphatic heterocycles. The van der Waals surface area contributed by atoms with E-state index in [9.17, 15) is 9.90 Å². The number of hydrogen-bond donors (Lipinski definition) is 2. The maximum Gasteiger partial charge on any atom is 0.404 e. The van der Waals surface area contributed by atoms with Crippen LogP contribution in [0.25, 0.3) is 0 Å². The average Bonchev–Trinajstić information content (AvgIpc) is 2.88. The van der Waals surface area contributed by atoms with Gasteiger partial charge in [0.05, 0.1) is 0 Å². The van der Waals surface area contributed by atoms with Crippen LogP contribution in [0, 0.1) is 0 Å². The number of carbonyl (C=O) groups is 1. The lowest BCUT2D eigenvalue weighted by Gasteiger charge is -2.17. The summed E-state index contributed by atoms with van der Waals surface area (Å²) >= 11 is 0. The van der Waals surface area contributed by atoms with Crippen molar-refractivity contribution in [1.29, 1.82) is 0 Å². The molecular weight excluding hydrogens is 454 g/mol. The van der Waals surface area contributed by atoms with Gasteiger partial charge in [-0.15, -0.1) is 0 Å². The Morgan fingerprint density at radius 2 is 0.649 bits per heavy atom. The summed E-state index contributed by atoms with van der Waals surface area (Å²) in [5.74, 6) is 0. The summed E-state index contributed by atoms with van der Waals surface area (Å²) in [6.07, 6.45) is 39.6. The van der Waals surface area contributed by atoms with Gasteiger partial charge in [0.15, 0.2) is 0 Å². The molecule has 3 heteroatoms. The maximum atomic E-state index is 11.2. The van der Waals surface area contributed by atoms with Crippen LogP contribution in [-0.4, -0.2) is 17.2 Å². The Balaban J connectivity index is 3.49. The second-order valence-corrected chi connectivity index (χ2v) is 11.9. The van der Waals surface area contributed by atoms with Crippen molar-refractivity contribution in [2.24, 2.45) is 0 Å². The zero-order valence-electron chi connectivity index (χ0n) is 25.6. The van der Waals surface area contributed by atoms with E-state index in [1.165, 1.54) is 180 Å². The molecule has 0 saturated carbocycles. The van der Waals surface area contributed by atoms with Gasteiger partial charge in [-0.3, -0.25) is 0 Å². The van der Waals surface area contributed by atoms with E-state index in [-0.39, 0.29) is 6.04 Å². The topological polar surface area (TPSA) is 49.3 Å². The third kappa shape index (κ3) is 31.4. The van der Waals surface area contributed by atoms with Gasteiger partial charge in [0, 0.05) is 6.04 Å². The monoisotopic (exact) mass is 524 g/mol. The Kier molecular flexibility index (Phi) is 30.9. The Hall–Kier alpha value is -0.730. The number of hydrogen-bond acceptors (Lipinski definition) is 1. The van der Waals surface area contributed by atoms with Crippen LogP contribution in [0.1, 0.15) is 206 Å². The van der Waals surface area contributed by atoms with Crippen molar-refractivity contribution in [2.45, 2.75) is 213 Å². The van der Waals surface area contributed by atoms with E-state index in [0.29, 0.717) is 0 Å². The number of nitrogens with one attached hydrogen (secondary N) is 1. The molecule has 37 heavy (non-hydrogen) atoms. The van der Waals surface area contributed by atoms with E-state index in [2.05, 4.69) is 19.2 Å². The molecule has 0 rings (SSSR count). The standard InChI is InChI=1S/C34H69NO2/c1-3-5-7-9-11-13-15-17-19-21-23-25-27-29-31-33(35-34(36)37)32-30-28-26-24-22-20-18-16-14-12-10-8-6-4-2/h33,35H,3-32H2,1-2H3,(H,36,37). The highest BCUT2D eigenvalue weighted by atomic mass is 16.4. The molecule has 0 spiro atoms. The van der Waals surface area contributed by atoms with Crippen LogP contribution in [0.15, 0.2) is 0 Å². The first-order chi connectivity index (χ1) is 18.2. The normalized spacial score (nSPS) is 11.4. The summed E-state index contributed by atoms with van der Waals surface area (Å²) in [4.78, 5) is 11.2. The molecule has 0 radical (unpaired) electrons. The molecule has 0 aromatic heterocycles. The minimum Gasteiger partial charge on any atom is -0.465 e. The summed E-state index contributed by atoms with van der Waals surface area (Å²) in [7, 11) is 0. The highest BCUT2D eigenvalue weighted by Crippen LogP contribution is 2.17. The van der Waals surface area contributed by atoms with E-state index >= 15 is 0 Å². The summed E-state index contributed by atoms with van der Waals surface area (Å²) < 4.78 is 0. The lowest BCUT2D eigenvalue weighted by atomic mass is 9.99. The molecule has 0 saturated heterocycles. The summed E-state index contributed by atoms with van der Waals surface area (Å²) in [5, 5.41) is 12.0. The van der Waals surface area contributed by atoms with Crippen LogP contribution < -0.4 is 5.32 Å². The molecule has 0 heterocycles. The Labute approximate surface area is 233 Å². The third-order valence-corrected chi connectivity index (χ3v) is 8.14. The largest absolute Gasteiger partial charge is 0.465 e. The van der Waals surface area contributed by atoms with E-state index in [0.717, 1.165) is 12.8 Å². The first-order valence-electron chi connectivity index (χ1n) is 17.2. The maximum absolute atomic E-state index is 11.2. The minimum absolute atomic E-state index is 0.159. The number of unbranched alkanes of at least 4 members (excludes halogenated alkanes) is 26. The highest BCUT2D eigenvalue weighted by molar-refractivity contribution is 5.64. The molecular formula is C34H69NO2. The summed E-state index contributed by atoms with van der Waals surface area (Å²) in [6.45, 7) is 4.57. The molecule has 2 N–H and O–H groups in total. The molecule has 0 aliphatic carbocycles. The van der Waals surface area contributed by atoms with Crippen molar-refractivity contribution >= 4 is 6.09 Å². The van der Waals surface area contributed by atoms with Gasteiger partial charge >= 0.3 is 6.09 Å². The minimum atomic E-state index is -0.847. The predicted octanol–water partition coefficient (Wildman–Crippen LogP) is 12.4. The Bertz CT molecular complexity index is 408. The van der Waals surface area contributed by atoms with Crippen LogP contribution >= 0.6 is 0 Å². The van der Waals surface area contributed by atoms with Crippen LogP contribution in [0.2, 0.25) is 0 Å². The zero-order valence-corrected chi connectivity index (χ0v) is 25.6. The van der Waals surface area contributed by atoms with Crippen molar-refractivity contribution in [3.8, 4) is 0 Å². The average molecular weight is 524 g/mol. The van der Waals surface area contributed by atoms with E-state index in [4.69, 9.17) is 0 Å². The second kappa shape index (κ2) is 31.5. The lowest BCUT2D eigenvalue weighted by molar-refractivity contribution is 0.187. The zero-order chi connectivity index (χ0) is 27.1. The van der Waals surface area contributed by atoms with Crippen LogP contribution in [0.3, 0.4) is 0 Å². The van der Waals surface area contributed by atoms with Crippen molar-refractivity contribution in [1.82, 2.24) is 5.32 Å². The SMILES string of the molecule is CCCCCCCCCCCCCCCCC(CCCCCCCCCCCCCCCC)NC(=O)O. The van der Waals surface area contributed by atoms with E-state index in [1.54, 1.807) is 0 Å². The molecule has 0 bridgehead atoms. The molecule has 1 amide bonds. The second-order valence-electron chi connectivity index (χ2n) is 11.9. The Morgan fingerprint density at radius 3 is 0.865 bits per heavy atom. The van der Waals surface area contributed by atoms with Gasteiger partial charge in [-0.05, 0) is 12.8 Å². The van der Waals surface area contributed by atoms with Gasteiger partial charge < -0.3 is 10.4 Å². The number of carboxylic acid groups (broad SMARTS) is 1. The number of rotatable bonds is 31. The quantitative estimate of drug-likeness (QED) is 0.0887. The molecule has 3 nitrogen and oxygen atoms in total. The molecule has 0 atom stereocenters. The molecule has 0 aliphatic rings. The number of amides is 1. The molecule has 0 fully saturated rings. The highest BCUT2D eigenvalue weighted by Gasteiger charge is 2.10. The first-order valence-corrected chi connectivity index (χ1v) is 17.2. The molecule has 0 aromatic rings. The summed E-state index contributed by atoms with van der Waals surface area (Å²) in [6, 6.07) is 0.159. The molecule has 222 valence electrons. The fourth-order valence-electron chi connectivity index (χ4n) is 5.63. The van der Waals surface area contributed by atoms with Gasteiger partial charge in [-0.2, -0.15) is 0 Å². The van der Waals surface area contributed by atoms with Gasteiger partial charge in [0.2, 0.25) is 0 Å². The van der Waals surface area contributed by atoms with Crippen molar-refractivity contribution in [3.63, 3.8) is 0 Å². The Morgan fingerprint density at radius 1 is 0.432 bits per heavy atom. The third-order valence-electron chi connectivity index (χ3n) is 8.14. The molecule has 0 aromatic carbocycles. The van der Waals surface area contributed by atoms with Gasteiger partial charge in [0.1, 0.15) is 0 Å². The summed E-state index contributed by atoms with van der Waals surface area (Å²) in [5.41, 5.74) is 0. The smallest absolute Gasteiger partial charge is 0.404 e. The van der Waals surface area contributed by atoms with Crippen molar-refractivity contribution in [3.05, 3.63) is 0 Å². The van der Waals surface area contributed by atoms with Crippen LogP contribution in [-0.2, 0) is 0 Å². The van der Waals surface area contributed by atoms with Crippen LogP contribution in [0.5, 0.6) is 0 Å². The van der Waals surface area contributed by atoms with E-state index < -0.39 is 6.09 Å². The van der Waals surface area contributed by atoms with Gasteiger partial charge in [-0.25, -0.2) is 4.79 Å². The van der Waals surface area contributed by atoms with E-state index in [1.807, 2.05) is 0 Å². The fourth-order valence-corrected chi connectivity index (χ4v) is 5.63. The van der Waals surface area contributed by atoms with Crippen molar-refractivity contribution < 1.29 is 9.90 Å². The fraction of sp³-hybridized carbons (Fsp3) is 0.971. The predicted molar refractivity (Wildman–Crippen MR) is 165 cm³/mol. The van der Waals surface area contributed by atoms with Crippen molar-refractivity contribution in [2.75, 3.05) is 0 Å². The van der Waals surface area contributed by atoms with Crippen LogP contribution in [0.4, 0.5) is 4.79 Å².